The summed E-state index contributed by atoms with van der Waals surface area (Å²) in [4.78, 5) is 11.8. The fraction of sp³-hybridized carbons (Fsp3) is 0.562. The van der Waals surface area contributed by atoms with Crippen LogP contribution in [0.1, 0.15) is 43.0 Å². The van der Waals surface area contributed by atoms with E-state index >= 15 is 0 Å². The second-order valence-electron chi connectivity index (χ2n) is 5.00. The molecule has 1 heterocycles. The van der Waals surface area contributed by atoms with Crippen LogP contribution in [0.5, 0.6) is 5.75 Å². The van der Waals surface area contributed by atoms with Crippen LogP contribution in [0.4, 0.5) is 0 Å². The van der Waals surface area contributed by atoms with Crippen LogP contribution in [0.15, 0.2) is 24.3 Å². The first-order valence-corrected chi connectivity index (χ1v) is 7.43. The molecule has 1 aromatic rings. The summed E-state index contributed by atoms with van der Waals surface area (Å²) in [6.45, 7) is 3.90. The fourth-order valence-electron chi connectivity index (χ4n) is 2.45. The first-order chi connectivity index (χ1) is 9.81. The Kier molecular flexibility index (Phi) is 5.87. The Balaban J connectivity index is 1.86. The summed E-state index contributed by atoms with van der Waals surface area (Å²) in [7, 11) is 0. The van der Waals surface area contributed by atoms with Crippen molar-refractivity contribution in [3.05, 3.63) is 29.8 Å². The zero-order chi connectivity index (χ0) is 14.2. The molecule has 0 radical (unpaired) electrons. The maximum absolute atomic E-state index is 11.8. The number of nitrogens with one attached hydrogen (secondary N) is 1. The minimum absolute atomic E-state index is 0.320. The molecule has 0 saturated carbocycles. The summed E-state index contributed by atoms with van der Waals surface area (Å²) in [6.07, 6.45) is 4.74. The first-order valence-electron chi connectivity index (χ1n) is 7.43. The zero-order valence-electron chi connectivity index (χ0n) is 12.1. The number of esters is 1. The van der Waals surface area contributed by atoms with Gasteiger partial charge in [-0.05, 0) is 44.9 Å². The van der Waals surface area contributed by atoms with Gasteiger partial charge in [-0.25, -0.2) is 4.79 Å². The second-order valence-corrected chi connectivity index (χ2v) is 5.00. The zero-order valence-corrected chi connectivity index (χ0v) is 12.1. The van der Waals surface area contributed by atoms with Gasteiger partial charge >= 0.3 is 5.97 Å². The Bertz CT molecular complexity index is 427. The summed E-state index contributed by atoms with van der Waals surface area (Å²) in [5.74, 6) is 0.292. The van der Waals surface area contributed by atoms with Crippen LogP contribution in [0.3, 0.4) is 0 Å². The van der Waals surface area contributed by atoms with Crippen molar-refractivity contribution in [3.63, 3.8) is 0 Å². The molecule has 1 aliphatic rings. The lowest BCUT2D eigenvalue weighted by Gasteiger charge is -2.23. The molecular weight excluding hydrogens is 254 g/mol. The molecule has 1 aliphatic heterocycles. The third-order valence-corrected chi connectivity index (χ3v) is 3.52. The molecule has 4 nitrogen and oxygen atoms in total. The lowest BCUT2D eigenvalue weighted by atomic mass is 10.0. The van der Waals surface area contributed by atoms with Crippen molar-refractivity contribution in [3.8, 4) is 5.75 Å². The average Bonchev–Trinajstić information content (AvgIpc) is 2.49. The van der Waals surface area contributed by atoms with E-state index in [0.29, 0.717) is 30.6 Å². The molecule has 0 amide bonds. The Hall–Kier alpha value is -1.55. The molecule has 0 aromatic heterocycles. The number of hydrogen-bond acceptors (Lipinski definition) is 4. The highest BCUT2D eigenvalue weighted by atomic mass is 16.5. The van der Waals surface area contributed by atoms with Gasteiger partial charge in [0.15, 0.2) is 0 Å². The average molecular weight is 277 g/mol. The number of benzene rings is 1. The Morgan fingerprint density at radius 1 is 1.35 bits per heavy atom. The molecule has 1 N–H and O–H groups in total. The largest absolute Gasteiger partial charge is 0.493 e. The van der Waals surface area contributed by atoms with Gasteiger partial charge in [0.1, 0.15) is 11.3 Å². The van der Waals surface area contributed by atoms with E-state index in [1.54, 1.807) is 13.0 Å². The normalized spacial score (nSPS) is 18.6. The van der Waals surface area contributed by atoms with Gasteiger partial charge in [-0.2, -0.15) is 0 Å². The van der Waals surface area contributed by atoms with Crippen LogP contribution in [0, 0.1) is 0 Å². The molecule has 4 heteroatoms. The van der Waals surface area contributed by atoms with E-state index in [-0.39, 0.29) is 5.97 Å². The minimum atomic E-state index is -0.320. The van der Waals surface area contributed by atoms with Gasteiger partial charge < -0.3 is 14.8 Å². The lowest BCUT2D eigenvalue weighted by Crippen LogP contribution is -2.35. The highest BCUT2D eigenvalue weighted by Gasteiger charge is 2.15. The maximum Gasteiger partial charge on any atom is 0.341 e. The molecule has 1 aromatic carbocycles. The number of rotatable bonds is 6. The van der Waals surface area contributed by atoms with Crippen molar-refractivity contribution in [1.82, 2.24) is 5.32 Å². The summed E-state index contributed by atoms with van der Waals surface area (Å²) in [5, 5.41) is 3.49. The van der Waals surface area contributed by atoms with Crippen molar-refractivity contribution < 1.29 is 14.3 Å². The number of piperidine rings is 1. The van der Waals surface area contributed by atoms with Gasteiger partial charge in [0, 0.05) is 6.04 Å². The Labute approximate surface area is 120 Å². The Morgan fingerprint density at radius 3 is 2.95 bits per heavy atom. The molecule has 0 bridgehead atoms. The number of carbonyl (C=O) groups excluding carboxylic acids is 1. The van der Waals surface area contributed by atoms with Crippen LogP contribution >= 0.6 is 0 Å². The van der Waals surface area contributed by atoms with Crippen LogP contribution in [0.2, 0.25) is 0 Å². The van der Waals surface area contributed by atoms with Crippen molar-refractivity contribution in [2.24, 2.45) is 0 Å². The Morgan fingerprint density at radius 2 is 2.20 bits per heavy atom. The van der Waals surface area contributed by atoms with Gasteiger partial charge in [0.05, 0.1) is 13.2 Å². The molecule has 2 rings (SSSR count). The molecule has 110 valence electrons. The summed E-state index contributed by atoms with van der Waals surface area (Å²) < 4.78 is 10.8. The first kappa shape index (κ1) is 14.9. The predicted octanol–water partition coefficient (Wildman–Crippen LogP) is 2.77. The van der Waals surface area contributed by atoms with E-state index in [2.05, 4.69) is 5.32 Å². The second kappa shape index (κ2) is 7.90. The van der Waals surface area contributed by atoms with Crippen LogP contribution in [-0.2, 0) is 4.74 Å². The van der Waals surface area contributed by atoms with Gasteiger partial charge in [-0.3, -0.25) is 0 Å². The fourth-order valence-corrected chi connectivity index (χ4v) is 2.45. The van der Waals surface area contributed by atoms with E-state index < -0.39 is 0 Å². The molecule has 20 heavy (non-hydrogen) atoms. The number of ether oxygens (including phenoxy) is 2. The summed E-state index contributed by atoms with van der Waals surface area (Å²) in [6, 6.07) is 7.80. The highest BCUT2D eigenvalue weighted by Crippen LogP contribution is 2.20. The van der Waals surface area contributed by atoms with Crippen molar-refractivity contribution >= 4 is 5.97 Å². The molecular formula is C16H23NO3. The van der Waals surface area contributed by atoms with E-state index in [4.69, 9.17) is 9.47 Å². The number of para-hydroxylation sites is 1. The van der Waals surface area contributed by atoms with E-state index in [9.17, 15) is 4.79 Å². The number of carbonyl (C=O) groups is 1. The van der Waals surface area contributed by atoms with Crippen molar-refractivity contribution in [1.29, 1.82) is 0 Å². The minimum Gasteiger partial charge on any atom is -0.493 e. The number of hydrogen-bond donors (Lipinski definition) is 1. The van der Waals surface area contributed by atoms with E-state index in [0.717, 1.165) is 13.0 Å². The van der Waals surface area contributed by atoms with E-state index in [1.165, 1.54) is 19.3 Å². The van der Waals surface area contributed by atoms with Crippen LogP contribution < -0.4 is 10.1 Å². The van der Waals surface area contributed by atoms with Gasteiger partial charge in [0.2, 0.25) is 0 Å². The molecule has 1 saturated heterocycles. The topological polar surface area (TPSA) is 47.6 Å². The quantitative estimate of drug-likeness (QED) is 0.812. The van der Waals surface area contributed by atoms with Crippen LogP contribution in [0.25, 0.3) is 0 Å². The van der Waals surface area contributed by atoms with Gasteiger partial charge in [-0.1, -0.05) is 18.6 Å². The standard InChI is InChI=1S/C16H23NO3/c1-2-19-16(18)14-8-3-4-9-15(14)20-12-10-13-7-5-6-11-17-13/h3-4,8-9,13,17H,2,5-7,10-12H2,1H3/t13-/m1/s1. The predicted molar refractivity (Wildman–Crippen MR) is 78.2 cm³/mol. The summed E-state index contributed by atoms with van der Waals surface area (Å²) >= 11 is 0. The third kappa shape index (κ3) is 4.23. The molecule has 0 aliphatic carbocycles. The molecule has 0 unspecified atom stereocenters. The SMILES string of the molecule is CCOC(=O)c1ccccc1OCC[C@H]1CCCCN1. The van der Waals surface area contributed by atoms with E-state index in [1.807, 2.05) is 18.2 Å². The monoisotopic (exact) mass is 277 g/mol. The third-order valence-electron chi connectivity index (χ3n) is 3.52. The van der Waals surface area contributed by atoms with Crippen molar-refractivity contribution in [2.45, 2.75) is 38.6 Å². The highest BCUT2D eigenvalue weighted by molar-refractivity contribution is 5.92. The van der Waals surface area contributed by atoms with Crippen LogP contribution in [-0.4, -0.2) is 31.8 Å². The maximum atomic E-state index is 11.8. The molecule has 1 fully saturated rings. The smallest absolute Gasteiger partial charge is 0.341 e. The van der Waals surface area contributed by atoms with Crippen molar-refractivity contribution in [2.75, 3.05) is 19.8 Å². The molecule has 1 atom stereocenters. The van der Waals surface area contributed by atoms with Gasteiger partial charge in [-0.15, -0.1) is 0 Å². The van der Waals surface area contributed by atoms with Gasteiger partial charge in [0.25, 0.3) is 0 Å². The summed E-state index contributed by atoms with van der Waals surface area (Å²) in [5.41, 5.74) is 0.506. The molecule has 0 spiro atoms. The lowest BCUT2D eigenvalue weighted by molar-refractivity contribution is 0.0521.